The number of nitrogens with zero attached hydrogens (tertiary/aromatic N) is 1. The predicted octanol–water partition coefficient (Wildman–Crippen LogP) is 4.59. The molecule has 27 heavy (non-hydrogen) atoms. The molecule has 0 fully saturated rings. The highest BCUT2D eigenvalue weighted by atomic mass is 32.1. The van der Waals surface area contributed by atoms with Crippen LogP contribution in [-0.2, 0) is 17.6 Å². The molecule has 0 unspecified atom stereocenters. The molecule has 144 valence electrons. The Morgan fingerprint density at radius 1 is 1.15 bits per heavy atom. The molecular weight excluding hydrogens is 378 g/mol. The molecule has 0 radical (unpaired) electrons. The van der Waals surface area contributed by atoms with Crippen LogP contribution in [0.5, 0.6) is 0 Å². The Balaban J connectivity index is 2.00. The van der Waals surface area contributed by atoms with Gasteiger partial charge in [-0.3, -0.25) is 4.57 Å². The van der Waals surface area contributed by atoms with Gasteiger partial charge in [0, 0.05) is 5.56 Å². The number of thiophene rings is 1. The van der Waals surface area contributed by atoms with Gasteiger partial charge < -0.3 is 8.84 Å². The van der Waals surface area contributed by atoms with Crippen molar-refractivity contribution in [2.24, 2.45) is 0 Å². The molecule has 5 nitrogen and oxygen atoms in total. The Labute approximate surface area is 163 Å². The fourth-order valence-electron chi connectivity index (χ4n) is 2.55. The molecule has 0 saturated carbocycles. The predicted molar refractivity (Wildman–Crippen MR) is 112 cm³/mol. The van der Waals surface area contributed by atoms with E-state index in [2.05, 4.69) is 33.9 Å². The largest absolute Gasteiger partial charge is 0.423 e. The fourth-order valence-corrected chi connectivity index (χ4v) is 4.54. The van der Waals surface area contributed by atoms with Crippen LogP contribution in [0, 0.1) is 0 Å². The molecule has 0 amide bonds. The maximum atomic E-state index is 12.4. The van der Waals surface area contributed by atoms with Crippen LogP contribution in [0.2, 0.25) is 18.1 Å². The summed E-state index contributed by atoms with van der Waals surface area (Å²) in [5, 5.41) is 2.43. The number of rotatable bonds is 5. The van der Waals surface area contributed by atoms with Gasteiger partial charge >= 0.3 is 11.4 Å². The molecule has 0 aliphatic carbocycles. The van der Waals surface area contributed by atoms with E-state index in [4.69, 9.17) is 8.84 Å². The first-order valence-corrected chi connectivity index (χ1v) is 12.7. The Kier molecular flexibility index (Phi) is 5.29. The van der Waals surface area contributed by atoms with Crippen molar-refractivity contribution in [3.05, 3.63) is 67.8 Å². The zero-order chi connectivity index (χ0) is 19.8. The van der Waals surface area contributed by atoms with Crippen LogP contribution in [0.25, 0.3) is 10.2 Å². The normalized spacial score (nSPS) is 12.6. The second-order valence-corrected chi connectivity index (χ2v) is 13.9. The van der Waals surface area contributed by atoms with E-state index in [0.29, 0.717) is 23.4 Å². The summed E-state index contributed by atoms with van der Waals surface area (Å²) in [6, 6.07) is 9.65. The average Bonchev–Trinajstić information content (AvgIpc) is 3.01. The third-order valence-corrected chi connectivity index (χ3v) is 10.8. The van der Waals surface area contributed by atoms with Crippen LogP contribution < -0.4 is 11.4 Å². The van der Waals surface area contributed by atoms with Gasteiger partial charge in [0.15, 0.2) is 8.32 Å². The lowest BCUT2D eigenvalue weighted by Gasteiger charge is -2.36. The van der Waals surface area contributed by atoms with Gasteiger partial charge in [-0.15, -0.1) is 11.3 Å². The first kappa shape index (κ1) is 19.8. The second kappa shape index (κ2) is 7.22. The van der Waals surface area contributed by atoms with E-state index in [1.807, 2.05) is 35.7 Å². The molecule has 0 bridgehead atoms. The van der Waals surface area contributed by atoms with Crippen LogP contribution >= 0.6 is 11.3 Å². The minimum atomic E-state index is -1.95. The van der Waals surface area contributed by atoms with E-state index < -0.39 is 19.7 Å². The lowest BCUT2D eigenvalue weighted by molar-refractivity contribution is 0.277. The van der Waals surface area contributed by atoms with Gasteiger partial charge in [-0.2, -0.15) is 0 Å². The first-order chi connectivity index (χ1) is 12.6. The van der Waals surface area contributed by atoms with Gasteiger partial charge in [-0.25, -0.2) is 9.59 Å². The highest BCUT2D eigenvalue weighted by Crippen LogP contribution is 2.37. The quantitative estimate of drug-likeness (QED) is 0.585. The summed E-state index contributed by atoms with van der Waals surface area (Å²) in [5.74, 6) is -0.630. The molecule has 0 N–H and O–H groups in total. The number of aromatic nitrogens is 1. The topological polar surface area (TPSA) is 61.4 Å². The van der Waals surface area contributed by atoms with E-state index in [1.165, 1.54) is 15.9 Å². The highest BCUT2D eigenvalue weighted by molar-refractivity contribution is 7.17. The van der Waals surface area contributed by atoms with Gasteiger partial charge in [0.1, 0.15) is 10.2 Å². The van der Waals surface area contributed by atoms with E-state index in [-0.39, 0.29) is 5.04 Å². The summed E-state index contributed by atoms with van der Waals surface area (Å²) in [5.41, 5.74) is 1.17. The molecule has 0 aliphatic heterocycles. The molecule has 3 rings (SSSR count). The maximum Gasteiger partial charge on any atom is 0.423 e. The van der Waals surface area contributed by atoms with Crippen molar-refractivity contribution in [1.29, 1.82) is 0 Å². The molecule has 1 aromatic carbocycles. The number of hydrogen-bond donors (Lipinski definition) is 0. The van der Waals surface area contributed by atoms with Gasteiger partial charge in [-0.1, -0.05) is 51.1 Å². The van der Waals surface area contributed by atoms with E-state index in [9.17, 15) is 9.59 Å². The van der Waals surface area contributed by atoms with Crippen LogP contribution in [0.15, 0.2) is 49.7 Å². The SMILES string of the molecule is CC(C)(C)[Si](C)(C)OCc1csc2c1c(=O)oc(=O)n2Cc1ccccc1. The van der Waals surface area contributed by atoms with Crippen LogP contribution in [-0.4, -0.2) is 12.9 Å². The van der Waals surface area contributed by atoms with Crippen molar-refractivity contribution in [3.8, 4) is 0 Å². The first-order valence-electron chi connectivity index (χ1n) is 8.92. The minimum Gasteiger partial charge on any atom is -0.413 e. The maximum absolute atomic E-state index is 12.4. The van der Waals surface area contributed by atoms with Crippen LogP contribution in [0.3, 0.4) is 0 Å². The Hall–Kier alpha value is -1.96. The highest BCUT2D eigenvalue weighted by Gasteiger charge is 2.37. The second-order valence-electron chi connectivity index (χ2n) is 8.22. The molecule has 0 atom stereocenters. The Bertz CT molecular complexity index is 1060. The van der Waals surface area contributed by atoms with E-state index >= 15 is 0 Å². The lowest BCUT2D eigenvalue weighted by atomic mass is 10.2. The summed E-state index contributed by atoms with van der Waals surface area (Å²) < 4.78 is 12.8. The van der Waals surface area contributed by atoms with Crippen LogP contribution in [0.4, 0.5) is 0 Å². The fraction of sp³-hybridized carbons (Fsp3) is 0.400. The van der Waals surface area contributed by atoms with Crippen LogP contribution in [0.1, 0.15) is 31.9 Å². The summed E-state index contributed by atoms with van der Waals surface area (Å²) in [4.78, 5) is 25.3. The zero-order valence-corrected chi connectivity index (χ0v) is 18.2. The van der Waals surface area contributed by atoms with Crippen molar-refractivity contribution in [2.75, 3.05) is 0 Å². The number of benzene rings is 1. The lowest BCUT2D eigenvalue weighted by Crippen LogP contribution is -2.40. The monoisotopic (exact) mass is 403 g/mol. The van der Waals surface area contributed by atoms with Gasteiger partial charge in [0.05, 0.1) is 13.2 Å². The van der Waals surface area contributed by atoms with Crippen molar-refractivity contribution in [2.45, 2.75) is 52.1 Å². The zero-order valence-electron chi connectivity index (χ0n) is 16.4. The molecule has 0 aliphatic rings. The van der Waals surface area contributed by atoms with Crippen molar-refractivity contribution < 1.29 is 8.84 Å². The molecule has 0 saturated heterocycles. The molecule has 0 spiro atoms. The standard InChI is InChI=1S/C20H25NO4SSi/c1-20(2,3)27(4,5)24-12-15-13-26-17-16(15)18(22)25-19(23)21(17)11-14-9-7-6-8-10-14/h6-10,13H,11-12H2,1-5H3. The Morgan fingerprint density at radius 2 is 1.81 bits per heavy atom. The summed E-state index contributed by atoms with van der Waals surface area (Å²) in [6.45, 7) is 11.6. The summed E-state index contributed by atoms with van der Waals surface area (Å²) in [7, 11) is -1.95. The molecule has 7 heteroatoms. The summed E-state index contributed by atoms with van der Waals surface area (Å²) >= 11 is 1.38. The van der Waals surface area contributed by atoms with Crippen molar-refractivity contribution >= 4 is 29.9 Å². The van der Waals surface area contributed by atoms with Crippen molar-refractivity contribution in [1.82, 2.24) is 4.57 Å². The molecular formula is C20H25NO4SSi. The van der Waals surface area contributed by atoms with Crippen molar-refractivity contribution in [3.63, 3.8) is 0 Å². The molecule has 2 aromatic heterocycles. The van der Waals surface area contributed by atoms with Gasteiger partial charge in [0.2, 0.25) is 0 Å². The van der Waals surface area contributed by atoms with E-state index in [0.717, 1.165) is 11.1 Å². The van der Waals surface area contributed by atoms with Gasteiger partial charge in [-0.05, 0) is 29.1 Å². The third kappa shape index (κ3) is 4.00. The molecule has 3 aromatic rings. The summed E-state index contributed by atoms with van der Waals surface area (Å²) in [6.07, 6.45) is 0. The Morgan fingerprint density at radius 3 is 2.44 bits per heavy atom. The minimum absolute atomic E-state index is 0.0822. The third-order valence-electron chi connectivity index (χ3n) is 5.28. The van der Waals surface area contributed by atoms with E-state index in [1.54, 1.807) is 0 Å². The average molecular weight is 404 g/mol. The number of fused-ring (bicyclic) bond motifs is 1. The molecule has 2 heterocycles. The number of hydrogen-bond acceptors (Lipinski definition) is 5. The smallest absolute Gasteiger partial charge is 0.413 e. The van der Waals surface area contributed by atoms with Gasteiger partial charge in [0.25, 0.3) is 0 Å².